The predicted octanol–water partition coefficient (Wildman–Crippen LogP) is 2.34. The summed E-state index contributed by atoms with van der Waals surface area (Å²) in [5.74, 6) is -1.42. The maximum atomic E-state index is 11.2. The Morgan fingerprint density at radius 3 is 1.56 bits per heavy atom. The van der Waals surface area contributed by atoms with Crippen molar-refractivity contribution < 1.29 is 45.7 Å². The summed E-state index contributed by atoms with van der Waals surface area (Å²) in [4.78, 5) is 21.5. The van der Waals surface area contributed by atoms with E-state index in [0.717, 1.165) is 25.0 Å². The number of nitrogens with one attached hydrogen (secondary N) is 1. The number of rotatable bonds is 17. The van der Waals surface area contributed by atoms with E-state index in [0.29, 0.717) is 6.54 Å². The van der Waals surface area contributed by atoms with E-state index in [1.165, 1.54) is 77.0 Å². The van der Waals surface area contributed by atoms with Gasteiger partial charge in [-0.2, -0.15) is 0 Å². The summed E-state index contributed by atoms with van der Waals surface area (Å²) in [6.45, 7) is 2.89. The number of unbranched alkanes of at least 4 members (excludes halogenated alkanes) is 13. The third kappa shape index (κ3) is 23.7. The number of amides is 1. The largest absolute Gasteiger partial charge is 1.00 e. The fraction of sp³-hybridized carbons (Fsp3) is 0.800. The first-order valence-corrected chi connectivity index (χ1v) is 9.85. The van der Waals surface area contributed by atoms with Gasteiger partial charge in [0.15, 0.2) is 0 Å². The summed E-state index contributed by atoms with van der Waals surface area (Å²) < 4.78 is 0. The molecular weight excluding hydrogens is 325 g/mol. The molecule has 0 heterocycles. The Labute approximate surface area is 178 Å². The van der Waals surface area contributed by atoms with E-state index in [4.69, 9.17) is 5.11 Å². The van der Waals surface area contributed by atoms with Crippen molar-refractivity contribution in [2.24, 2.45) is 0 Å². The van der Waals surface area contributed by atoms with Gasteiger partial charge in [-0.05, 0) is 6.42 Å². The van der Waals surface area contributed by atoms with E-state index in [9.17, 15) is 9.59 Å². The first kappa shape index (κ1) is 26.9. The number of hydrogen-bond donors (Lipinski definition) is 2. The molecule has 0 aromatic carbocycles. The molecule has 0 aliphatic carbocycles. The van der Waals surface area contributed by atoms with Gasteiger partial charge in [0.1, 0.15) is 0 Å². The quantitative estimate of drug-likeness (QED) is 0.237. The zero-order chi connectivity index (χ0) is 17.9. The van der Waals surface area contributed by atoms with E-state index >= 15 is 0 Å². The van der Waals surface area contributed by atoms with Crippen molar-refractivity contribution >= 4 is 11.9 Å². The van der Waals surface area contributed by atoms with Gasteiger partial charge in [0.2, 0.25) is 5.91 Å². The van der Waals surface area contributed by atoms with Crippen molar-refractivity contribution in [3.63, 3.8) is 0 Å². The number of carboxylic acid groups (broad SMARTS) is 1. The monoisotopic (exact) mass is 363 g/mol. The topological polar surface area (TPSA) is 66.4 Å². The number of carbonyl (C=O) groups excluding carboxylic acids is 1. The maximum absolute atomic E-state index is 11.2. The van der Waals surface area contributed by atoms with Gasteiger partial charge < -0.3 is 11.8 Å². The van der Waals surface area contributed by atoms with Gasteiger partial charge in [-0.25, -0.2) is 4.79 Å². The Hall–Kier alpha value is -0.320. The Balaban J connectivity index is -0.00000264. The van der Waals surface area contributed by atoms with Crippen LogP contribution in [0.3, 0.4) is 0 Å². The van der Waals surface area contributed by atoms with Crippen LogP contribution >= 0.6 is 0 Å². The summed E-state index contributed by atoms with van der Waals surface area (Å²) in [6.07, 6.45) is 20.3. The number of carbonyl (C=O) groups is 2. The molecule has 142 valence electrons. The fourth-order valence-corrected chi connectivity index (χ4v) is 2.74. The van der Waals surface area contributed by atoms with Crippen LogP contribution in [0.25, 0.3) is 0 Å². The second-order valence-electron chi connectivity index (χ2n) is 6.56. The van der Waals surface area contributed by atoms with Crippen molar-refractivity contribution in [2.75, 3.05) is 6.54 Å². The van der Waals surface area contributed by atoms with Gasteiger partial charge in [0.25, 0.3) is 0 Å². The molecule has 0 aliphatic heterocycles. The first-order chi connectivity index (χ1) is 11.7. The third-order valence-electron chi connectivity index (χ3n) is 4.21. The van der Waals surface area contributed by atoms with Crippen molar-refractivity contribution in [2.45, 2.75) is 96.8 Å². The third-order valence-corrected chi connectivity index (χ3v) is 4.21. The molecule has 0 rings (SSSR count). The van der Waals surface area contributed by atoms with Crippen LogP contribution in [-0.2, 0) is 9.59 Å². The summed E-state index contributed by atoms with van der Waals surface area (Å²) in [7, 11) is 0. The zero-order valence-corrected chi connectivity index (χ0v) is 18.5. The molecule has 0 unspecified atom stereocenters. The van der Waals surface area contributed by atoms with Gasteiger partial charge in [-0.1, -0.05) is 90.4 Å². The molecule has 0 aromatic rings. The van der Waals surface area contributed by atoms with E-state index in [1.54, 1.807) is 0 Å². The summed E-state index contributed by atoms with van der Waals surface area (Å²) in [5, 5.41) is 11.1. The molecular formula is C20H38NNaO3. The molecule has 25 heavy (non-hydrogen) atoms. The van der Waals surface area contributed by atoms with E-state index < -0.39 is 5.97 Å². The van der Waals surface area contributed by atoms with Gasteiger partial charge in [0.05, 0.1) is 0 Å². The Kier molecular flexibility index (Phi) is 23.4. The van der Waals surface area contributed by atoms with E-state index in [2.05, 4.69) is 12.2 Å². The molecule has 0 bridgehead atoms. The number of aliphatic carboxylic acids is 1. The molecule has 0 saturated carbocycles. The molecule has 0 spiro atoms. The van der Waals surface area contributed by atoms with Crippen LogP contribution in [0.5, 0.6) is 0 Å². The Bertz CT molecular complexity index is 352. The summed E-state index contributed by atoms with van der Waals surface area (Å²) >= 11 is 0. The van der Waals surface area contributed by atoms with Crippen LogP contribution < -0.4 is 34.9 Å². The van der Waals surface area contributed by atoms with Crippen LogP contribution in [0.15, 0.2) is 12.2 Å². The maximum Gasteiger partial charge on any atom is 1.00 e. The summed E-state index contributed by atoms with van der Waals surface area (Å²) in [5.41, 5.74) is 0. The van der Waals surface area contributed by atoms with Gasteiger partial charge in [-0.15, -0.1) is 0 Å². The van der Waals surface area contributed by atoms with Crippen molar-refractivity contribution in [3.8, 4) is 0 Å². The molecule has 0 radical (unpaired) electrons. The minimum absolute atomic E-state index is 0. The van der Waals surface area contributed by atoms with Crippen molar-refractivity contribution in [1.82, 2.24) is 5.32 Å². The molecule has 0 fully saturated rings. The molecule has 4 nitrogen and oxygen atoms in total. The van der Waals surface area contributed by atoms with Crippen molar-refractivity contribution in [1.29, 1.82) is 0 Å². The minimum Gasteiger partial charge on any atom is -1.00 e. The molecule has 0 aliphatic rings. The Morgan fingerprint density at radius 1 is 0.760 bits per heavy atom. The average Bonchev–Trinajstić information content (AvgIpc) is 2.56. The number of hydrogen-bond acceptors (Lipinski definition) is 2. The van der Waals surface area contributed by atoms with Gasteiger partial charge in [-0.3, -0.25) is 4.79 Å². The average molecular weight is 364 g/mol. The molecule has 0 aromatic heterocycles. The fourth-order valence-electron chi connectivity index (χ4n) is 2.74. The van der Waals surface area contributed by atoms with Gasteiger partial charge in [0, 0.05) is 18.7 Å². The minimum atomic E-state index is -1.10. The van der Waals surface area contributed by atoms with Crippen molar-refractivity contribution in [3.05, 3.63) is 12.2 Å². The molecule has 2 N–H and O–H groups in total. The molecule has 0 saturated heterocycles. The second-order valence-corrected chi connectivity index (χ2v) is 6.56. The second kappa shape index (κ2) is 21.7. The molecule has 5 heteroatoms. The normalized spacial score (nSPS) is 10.6. The van der Waals surface area contributed by atoms with Crippen LogP contribution in [-0.4, -0.2) is 23.5 Å². The first-order valence-electron chi connectivity index (χ1n) is 9.85. The van der Waals surface area contributed by atoms with Crippen LogP contribution in [0, 0.1) is 0 Å². The molecule has 0 atom stereocenters. The van der Waals surface area contributed by atoms with E-state index in [1.807, 2.05) is 0 Å². The van der Waals surface area contributed by atoms with E-state index in [-0.39, 0.29) is 36.9 Å². The SMILES string of the molecule is CCCCCCCCCCCCCCCCNC(=O)/C=C\C(=O)O.[H-].[Na+]. The molecule has 1 amide bonds. The van der Waals surface area contributed by atoms with Crippen LogP contribution in [0.2, 0.25) is 0 Å². The van der Waals surface area contributed by atoms with Crippen LogP contribution in [0.1, 0.15) is 98.2 Å². The number of carboxylic acids is 1. The smallest absolute Gasteiger partial charge is 1.00 e. The standard InChI is InChI=1S/C20H37NO3.Na.H/c1-2-3-4-5-6-7-8-9-10-11-12-13-14-15-18-21-19(22)16-17-20(23)24;;/h16-17H,2-15,18H2,1H3,(H,21,22)(H,23,24);;/q;+1;-1/b17-16-;;. The van der Waals surface area contributed by atoms with Gasteiger partial charge >= 0.3 is 35.5 Å². The summed E-state index contributed by atoms with van der Waals surface area (Å²) in [6, 6.07) is 0. The zero-order valence-electron chi connectivity index (χ0n) is 17.5. The van der Waals surface area contributed by atoms with Crippen LogP contribution in [0.4, 0.5) is 0 Å². The predicted molar refractivity (Wildman–Crippen MR) is 101 cm³/mol. The Morgan fingerprint density at radius 2 is 1.16 bits per heavy atom.